The summed E-state index contributed by atoms with van der Waals surface area (Å²) in [7, 11) is 0. The molecule has 0 atom stereocenters. The Balaban J connectivity index is 1.55. The van der Waals surface area contributed by atoms with Gasteiger partial charge in [0.25, 0.3) is 11.6 Å². The van der Waals surface area contributed by atoms with E-state index in [1.807, 2.05) is 4.90 Å². The van der Waals surface area contributed by atoms with Gasteiger partial charge in [-0.2, -0.15) is 0 Å². The average molecular weight is 437 g/mol. The van der Waals surface area contributed by atoms with E-state index in [0.717, 1.165) is 0 Å². The third-order valence-corrected chi connectivity index (χ3v) is 5.06. The summed E-state index contributed by atoms with van der Waals surface area (Å²) in [5, 5.41) is 14.6. The number of nitrogens with one attached hydrogen (secondary N) is 1. The van der Waals surface area contributed by atoms with Gasteiger partial charge < -0.3 is 15.1 Å². The average Bonchev–Trinajstić information content (AvgIpc) is 2.71. The van der Waals surface area contributed by atoms with Crippen LogP contribution in [0.4, 0.5) is 11.4 Å². The molecule has 0 spiro atoms. The minimum absolute atomic E-state index is 0.0638. The molecule has 1 fully saturated rings. The fraction of sp³-hybridized carbons (Fsp3) is 0.263. The molecule has 10 heteroatoms. The lowest BCUT2D eigenvalue weighted by molar-refractivity contribution is -0.384. The van der Waals surface area contributed by atoms with Gasteiger partial charge in [-0.25, -0.2) is 0 Å². The molecule has 3 rings (SSSR count). The Hall–Kier alpha value is -2.84. The molecule has 0 aromatic heterocycles. The lowest BCUT2D eigenvalue weighted by Crippen LogP contribution is -2.51. The number of hydrogen-bond donors (Lipinski definition) is 1. The van der Waals surface area contributed by atoms with Gasteiger partial charge in [-0.15, -0.1) is 0 Å². The van der Waals surface area contributed by atoms with E-state index in [0.29, 0.717) is 47.5 Å². The van der Waals surface area contributed by atoms with E-state index in [-0.39, 0.29) is 24.0 Å². The first-order chi connectivity index (χ1) is 13.8. The molecular formula is C19H18Cl2N4O4. The number of hydrogen-bond acceptors (Lipinski definition) is 5. The number of halogens is 2. The van der Waals surface area contributed by atoms with Crippen molar-refractivity contribution in [1.82, 2.24) is 10.2 Å². The molecule has 2 aromatic rings. The Morgan fingerprint density at radius 2 is 1.72 bits per heavy atom. The van der Waals surface area contributed by atoms with Crippen molar-refractivity contribution in [2.24, 2.45) is 0 Å². The van der Waals surface area contributed by atoms with Gasteiger partial charge in [0.1, 0.15) is 5.69 Å². The van der Waals surface area contributed by atoms with E-state index in [1.165, 1.54) is 12.1 Å². The van der Waals surface area contributed by atoms with Crippen molar-refractivity contribution in [3.8, 4) is 0 Å². The standard InChI is InChI=1S/C19H18Cl2N4O4/c20-14-3-1-2-13(10-14)19(27)22-12-18(26)24-8-6-23(7-9-24)16-5-4-15(21)11-17(16)25(28)29/h1-5,10-11H,6-9,12H2,(H,22,27). The zero-order valence-electron chi connectivity index (χ0n) is 15.3. The SMILES string of the molecule is O=C(NCC(=O)N1CCN(c2ccc(Cl)cc2[N+](=O)[O-])CC1)c1cccc(Cl)c1. The maximum absolute atomic E-state index is 12.4. The number of carbonyl (C=O) groups excluding carboxylic acids is 2. The molecule has 1 saturated heterocycles. The molecule has 2 amide bonds. The summed E-state index contributed by atoms with van der Waals surface area (Å²) >= 11 is 11.7. The van der Waals surface area contributed by atoms with Crippen LogP contribution in [0.3, 0.4) is 0 Å². The zero-order chi connectivity index (χ0) is 21.0. The monoisotopic (exact) mass is 436 g/mol. The number of nitro groups is 1. The lowest BCUT2D eigenvalue weighted by atomic mass is 10.2. The number of nitrogens with zero attached hydrogens (tertiary/aromatic N) is 3. The zero-order valence-corrected chi connectivity index (χ0v) is 16.8. The van der Waals surface area contributed by atoms with E-state index >= 15 is 0 Å². The highest BCUT2D eigenvalue weighted by Gasteiger charge is 2.26. The normalized spacial score (nSPS) is 13.9. The molecule has 0 unspecified atom stereocenters. The molecule has 1 N–H and O–H groups in total. The van der Waals surface area contributed by atoms with Gasteiger partial charge in [-0.05, 0) is 30.3 Å². The van der Waals surface area contributed by atoms with E-state index in [2.05, 4.69) is 5.32 Å². The van der Waals surface area contributed by atoms with Crippen molar-refractivity contribution in [2.45, 2.75) is 0 Å². The molecule has 152 valence electrons. The van der Waals surface area contributed by atoms with Crippen LogP contribution in [0.5, 0.6) is 0 Å². The van der Waals surface area contributed by atoms with Gasteiger partial charge in [-0.1, -0.05) is 29.3 Å². The highest BCUT2D eigenvalue weighted by molar-refractivity contribution is 6.31. The van der Waals surface area contributed by atoms with Crippen LogP contribution in [0.15, 0.2) is 42.5 Å². The van der Waals surface area contributed by atoms with E-state index in [9.17, 15) is 19.7 Å². The third kappa shape index (κ3) is 5.16. The summed E-state index contributed by atoms with van der Waals surface area (Å²) in [6.45, 7) is 1.54. The van der Waals surface area contributed by atoms with Crippen molar-refractivity contribution in [3.05, 3.63) is 68.2 Å². The number of benzene rings is 2. The number of nitro benzene ring substituents is 1. The Kier molecular flexibility index (Phi) is 6.56. The Morgan fingerprint density at radius 3 is 2.38 bits per heavy atom. The second kappa shape index (κ2) is 9.11. The van der Waals surface area contributed by atoms with E-state index < -0.39 is 4.92 Å². The molecule has 1 aliphatic rings. The summed E-state index contributed by atoms with van der Waals surface area (Å²) in [6.07, 6.45) is 0. The molecule has 1 heterocycles. The van der Waals surface area contributed by atoms with Gasteiger partial charge in [-0.3, -0.25) is 19.7 Å². The van der Waals surface area contributed by atoms with E-state index in [4.69, 9.17) is 23.2 Å². The van der Waals surface area contributed by atoms with Crippen LogP contribution < -0.4 is 10.2 Å². The molecule has 8 nitrogen and oxygen atoms in total. The van der Waals surface area contributed by atoms with Crippen LogP contribution in [0, 0.1) is 10.1 Å². The summed E-state index contributed by atoms with van der Waals surface area (Å²) in [6, 6.07) is 11.0. The van der Waals surface area contributed by atoms with Gasteiger partial charge in [0.2, 0.25) is 5.91 Å². The second-order valence-electron chi connectivity index (χ2n) is 6.45. The second-order valence-corrected chi connectivity index (χ2v) is 7.32. The van der Waals surface area contributed by atoms with Crippen LogP contribution in [0.2, 0.25) is 10.0 Å². The highest BCUT2D eigenvalue weighted by atomic mass is 35.5. The quantitative estimate of drug-likeness (QED) is 0.573. The summed E-state index contributed by atoms with van der Waals surface area (Å²) in [5.41, 5.74) is 0.789. The highest BCUT2D eigenvalue weighted by Crippen LogP contribution is 2.31. The molecule has 0 radical (unpaired) electrons. The fourth-order valence-electron chi connectivity index (χ4n) is 3.11. The predicted molar refractivity (Wildman–Crippen MR) is 111 cm³/mol. The molecule has 1 aliphatic heterocycles. The largest absolute Gasteiger partial charge is 0.362 e. The van der Waals surface area contributed by atoms with Crippen molar-refractivity contribution in [3.63, 3.8) is 0 Å². The molecular weight excluding hydrogens is 419 g/mol. The molecule has 0 saturated carbocycles. The van der Waals surface area contributed by atoms with Gasteiger partial charge in [0.05, 0.1) is 11.5 Å². The summed E-state index contributed by atoms with van der Waals surface area (Å²) in [4.78, 5) is 38.8. The third-order valence-electron chi connectivity index (χ3n) is 4.59. The first-order valence-corrected chi connectivity index (χ1v) is 9.61. The maximum atomic E-state index is 12.4. The number of rotatable bonds is 5. The molecule has 29 heavy (non-hydrogen) atoms. The van der Waals surface area contributed by atoms with Crippen LogP contribution in [-0.4, -0.2) is 54.4 Å². The van der Waals surface area contributed by atoms with Gasteiger partial charge in [0, 0.05) is 47.9 Å². The van der Waals surface area contributed by atoms with Crippen molar-refractivity contribution in [2.75, 3.05) is 37.6 Å². The summed E-state index contributed by atoms with van der Waals surface area (Å²) in [5.74, 6) is -0.595. The molecule has 0 aliphatic carbocycles. The molecule has 2 aromatic carbocycles. The van der Waals surface area contributed by atoms with Crippen LogP contribution >= 0.6 is 23.2 Å². The van der Waals surface area contributed by atoms with Crippen LogP contribution in [0.25, 0.3) is 0 Å². The minimum atomic E-state index is -0.468. The predicted octanol–water partition coefficient (Wildman–Crippen LogP) is 2.98. The van der Waals surface area contributed by atoms with Crippen molar-refractivity contribution >= 4 is 46.4 Å². The number of amides is 2. The number of anilines is 1. The fourth-order valence-corrected chi connectivity index (χ4v) is 3.46. The minimum Gasteiger partial charge on any atom is -0.362 e. The van der Waals surface area contributed by atoms with Crippen molar-refractivity contribution in [1.29, 1.82) is 0 Å². The first-order valence-electron chi connectivity index (χ1n) is 8.85. The summed E-state index contributed by atoms with van der Waals surface area (Å²) < 4.78 is 0. The van der Waals surface area contributed by atoms with Crippen LogP contribution in [0.1, 0.15) is 10.4 Å². The van der Waals surface area contributed by atoms with E-state index in [1.54, 1.807) is 35.2 Å². The topological polar surface area (TPSA) is 95.8 Å². The Bertz CT molecular complexity index is 946. The maximum Gasteiger partial charge on any atom is 0.294 e. The lowest BCUT2D eigenvalue weighted by Gasteiger charge is -2.35. The van der Waals surface area contributed by atoms with Gasteiger partial charge in [0.15, 0.2) is 0 Å². The smallest absolute Gasteiger partial charge is 0.294 e. The Morgan fingerprint density at radius 1 is 1.03 bits per heavy atom. The first kappa shape index (κ1) is 20.9. The Labute approximate surface area is 177 Å². The van der Waals surface area contributed by atoms with Crippen LogP contribution in [-0.2, 0) is 4.79 Å². The number of carbonyl (C=O) groups is 2. The number of piperazine rings is 1. The van der Waals surface area contributed by atoms with Gasteiger partial charge >= 0.3 is 0 Å². The molecule has 0 bridgehead atoms. The van der Waals surface area contributed by atoms with Crippen molar-refractivity contribution < 1.29 is 14.5 Å².